The summed E-state index contributed by atoms with van der Waals surface area (Å²) >= 11 is 1.37. The Morgan fingerprint density at radius 3 is 2.88 bits per heavy atom. The summed E-state index contributed by atoms with van der Waals surface area (Å²) in [6.07, 6.45) is 1.88. The third-order valence-corrected chi connectivity index (χ3v) is 6.15. The Morgan fingerprint density at radius 2 is 2.08 bits per heavy atom. The van der Waals surface area contributed by atoms with Gasteiger partial charge < -0.3 is 5.32 Å². The maximum Gasteiger partial charge on any atom is 0.240 e. The van der Waals surface area contributed by atoms with Crippen LogP contribution in [0.2, 0.25) is 0 Å². The number of amides is 1. The molecule has 2 aromatic heterocycles. The van der Waals surface area contributed by atoms with Crippen molar-refractivity contribution < 1.29 is 13.2 Å². The molecular weight excluding hydrogens is 372 g/mol. The van der Waals surface area contributed by atoms with E-state index in [9.17, 15) is 13.2 Å². The molecule has 0 bridgehead atoms. The summed E-state index contributed by atoms with van der Waals surface area (Å²) in [4.78, 5) is 20.2. The maximum atomic E-state index is 12.5. The molecule has 0 saturated carbocycles. The SMILES string of the molecule is O=C1Cc2cc(S(=O)(=O)NCc3nc(-c4ccccn4)cs3)ccc2N1. The first-order valence-electron chi connectivity index (χ1n) is 7.79. The van der Waals surface area contributed by atoms with Crippen LogP contribution < -0.4 is 10.0 Å². The molecule has 0 unspecified atom stereocenters. The predicted molar refractivity (Wildman–Crippen MR) is 98.1 cm³/mol. The van der Waals surface area contributed by atoms with Crippen molar-refractivity contribution >= 4 is 33.0 Å². The van der Waals surface area contributed by atoms with Crippen molar-refractivity contribution in [3.8, 4) is 11.4 Å². The Morgan fingerprint density at radius 1 is 1.19 bits per heavy atom. The lowest BCUT2D eigenvalue weighted by molar-refractivity contribution is -0.115. The van der Waals surface area contributed by atoms with Crippen LogP contribution in [-0.2, 0) is 27.8 Å². The Kier molecular flexibility index (Phi) is 4.27. The van der Waals surface area contributed by atoms with Crippen LogP contribution in [0.4, 0.5) is 5.69 Å². The summed E-state index contributed by atoms with van der Waals surface area (Å²) in [5, 5.41) is 5.18. The molecule has 0 radical (unpaired) electrons. The predicted octanol–water partition coefficient (Wildman–Crippen LogP) is 2.18. The Labute approximate surface area is 154 Å². The van der Waals surface area contributed by atoms with E-state index in [1.54, 1.807) is 12.3 Å². The first kappa shape index (κ1) is 16.8. The molecule has 0 fully saturated rings. The van der Waals surface area contributed by atoms with E-state index >= 15 is 0 Å². The highest BCUT2D eigenvalue weighted by Crippen LogP contribution is 2.26. The van der Waals surface area contributed by atoms with Gasteiger partial charge in [0, 0.05) is 17.3 Å². The van der Waals surface area contributed by atoms with Gasteiger partial charge in [-0.3, -0.25) is 9.78 Å². The highest BCUT2D eigenvalue weighted by Gasteiger charge is 2.22. The monoisotopic (exact) mass is 386 g/mol. The van der Waals surface area contributed by atoms with Gasteiger partial charge in [0.2, 0.25) is 15.9 Å². The van der Waals surface area contributed by atoms with Crippen LogP contribution >= 0.6 is 11.3 Å². The number of nitrogens with one attached hydrogen (secondary N) is 2. The second-order valence-corrected chi connectivity index (χ2v) is 8.42. The van der Waals surface area contributed by atoms with Crippen LogP contribution in [0.15, 0.2) is 52.9 Å². The first-order valence-corrected chi connectivity index (χ1v) is 10.2. The summed E-state index contributed by atoms with van der Waals surface area (Å²) in [6, 6.07) is 10.2. The van der Waals surface area contributed by atoms with E-state index in [0.29, 0.717) is 22.0 Å². The smallest absolute Gasteiger partial charge is 0.240 e. The number of hydrogen-bond donors (Lipinski definition) is 2. The second-order valence-electron chi connectivity index (χ2n) is 5.71. The lowest BCUT2D eigenvalue weighted by Crippen LogP contribution is -2.23. The van der Waals surface area contributed by atoms with Crippen LogP contribution in [0.3, 0.4) is 0 Å². The van der Waals surface area contributed by atoms with Gasteiger partial charge in [-0.1, -0.05) is 6.07 Å². The van der Waals surface area contributed by atoms with Crippen LogP contribution in [0.1, 0.15) is 10.6 Å². The van der Waals surface area contributed by atoms with Gasteiger partial charge in [-0.05, 0) is 35.9 Å². The van der Waals surface area contributed by atoms with E-state index in [-0.39, 0.29) is 23.8 Å². The standard InChI is InChI=1S/C17H14N4O3S2/c22-16-8-11-7-12(4-5-13(11)20-16)26(23,24)19-9-17-21-15(10-25-17)14-3-1-2-6-18-14/h1-7,10,19H,8-9H2,(H,20,22). The number of carbonyl (C=O) groups is 1. The fourth-order valence-electron chi connectivity index (χ4n) is 2.64. The summed E-state index contributed by atoms with van der Waals surface area (Å²) in [7, 11) is -3.69. The van der Waals surface area contributed by atoms with Crippen molar-refractivity contribution in [1.82, 2.24) is 14.7 Å². The van der Waals surface area contributed by atoms with Gasteiger partial charge in [-0.2, -0.15) is 0 Å². The van der Waals surface area contributed by atoms with Gasteiger partial charge >= 0.3 is 0 Å². The van der Waals surface area contributed by atoms with Crippen molar-refractivity contribution in [3.63, 3.8) is 0 Å². The Bertz CT molecular complexity index is 1080. The van der Waals surface area contributed by atoms with Crippen LogP contribution in [0, 0.1) is 0 Å². The van der Waals surface area contributed by atoms with E-state index in [0.717, 1.165) is 5.69 Å². The van der Waals surface area contributed by atoms with E-state index in [1.807, 2.05) is 23.6 Å². The molecular formula is C17H14N4O3S2. The molecule has 0 spiro atoms. The fourth-order valence-corrected chi connectivity index (χ4v) is 4.49. The topological polar surface area (TPSA) is 101 Å². The Hall–Kier alpha value is -2.62. The van der Waals surface area contributed by atoms with Crippen molar-refractivity contribution in [1.29, 1.82) is 0 Å². The summed E-state index contributed by atoms with van der Waals surface area (Å²) in [6.45, 7) is 0.0914. The molecule has 1 aliphatic heterocycles. The molecule has 3 aromatic rings. The summed E-state index contributed by atoms with van der Waals surface area (Å²) < 4.78 is 27.6. The number of fused-ring (bicyclic) bond motifs is 1. The number of hydrogen-bond acceptors (Lipinski definition) is 6. The van der Waals surface area contributed by atoms with Gasteiger partial charge in [0.25, 0.3) is 0 Å². The Balaban J connectivity index is 1.49. The summed E-state index contributed by atoms with van der Waals surface area (Å²) in [5.41, 5.74) is 2.80. The highest BCUT2D eigenvalue weighted by atomic mass is 32.2. The number of pyridine rings is 1. The van der Waals surface area contributed by atoms with E-state index in [4.69, 9.17) is 0 Å². The highest BCUT2D eigenvalue weighted by molar-refractivity contribution is 7.89. The molecule has 0 atom stereocenters. The quantitative estimate of drug-likeness (QED) is 0.700. The molecule has 1 amide bonds. The molecule has 4 rings (SSSR count). The van der Waals surface area contributed by atoms with Crippen molar-refractivity contribution in [2.75, 3.05) is 5.32 Å². The molecule has 26 heavy (non-hydrogen) atoms. The first-order chi connectivity index (χ1) is 12.5. The van der Waals surface area contributed by atoms with Gasteiger partial charge in [0.05, 0.1) is 29.2 Å². The molecule has 3 heterocycles. The number of anilines is 1. The van der Waals surface area contributed by atoms with Crippen molar-refractivity contribution in [2.45, 2.75) is 17.9 Å². The van der Waals surface area contributed by atoms with Gasteiger partial charge in [-0.25, -0.2) is 18.1 Å². The number of sulfonamides is 1. The second kappa shape index (κ2) is 6.60. The minimum atomic E-state index is -3.69. The lowest BCUT2D eigenvalue weighted by Gasteiger charge is -2.07. The molecule has 132 valence electrons. The van der Waals surface area contributed by atoms with E-state index in [1.165, 1.54) is 23.5 Å². The molecule has 2 N–H and O–H groups in total. The average Bonchev–Trinajstić information content (AvgIpc) is 3.25. The number of benzene rings is 1. The van der Waals surface area contributed by atoms with Gasteiger partial charge in [-0.15, -0.1) is 11.3 Å². The number of aromatic nitrogens is 2. The summed E-state index contributed by atoms with van der Waals surface area (Å²) in [5.74, 6) is -0.132. The minimum Gasteiger partial charge on any atom is -0.326 e. The van der Waals surface area contributed by atoms with Gasteiger partial charge in [0.15, 0.2) is 0 Å². The minimum absolute atomic E-state index is 0.0914. The molecule has 9 heteroatoms. The molecule has 0 aliphatic carbocycles. The zero-order valence-corrected chi connectivity index (χ0v) is 15.1. The number of nitrogens with zero attached hydrogens (tertiary/aromatic N) is 2. The van der Waals surface area contributed by atoms with Crippen LogP contribution in [0.5, 0.6) is 0 Å². The zero-order chi connectivity index (χ0) is 18.1. The van der Waals surface area contributed by atoms with Crippen molar-refractivity contribution in [2.24, 2.45) is 0 Å². The molecule has 1 aromatic carbocycles. The van der Waals surface area contributed by atoms with E-state index < -0.39 is 10.0 Å². The largest absolute Gasteiger partial charge is 0.326 e. The van der Waals surface area contributed by atoms with E-state index in [2.05, 4.69) is 20.0 Å². The number of thiazole rings is 1. The van der Waals surface area contributed by atoms with Crippen LogP contribution in [-0.4, -0.2) is 24.3 Å². The number of rotatable bonds is 5. The molecule has 1 aliphatic rings. The fraction of sp³-hybridized carbons (Fsp3) is 0.118. The van der Waals surface area contributed by atoms with Crippen molar-refractivity contribution in [3.05, 3.63) is 58.5 Å². The third kappa shape index (κ3) is 3.36. The van der Waals surface area contributed by atoms with Gasteiger partial charge in [0.1, 0.15) is 5.01 Å². The maximum absolute atomic E-state index is 12.5. The lowest BCUT2D eigenvalue weighted by atomic mass is 10.2. The normalized spacial score (nSPS) is 13.5. The zero-order valence-electron chi connectivity index (χ0n) is 13.5. The average molecular weight is 386 g/mol. The third-order valence-electron chi connectivity index (χ3n) is 3.90. The number of carbonyl (C=O) groups excluding carboxylic acids is 1. The molecule has 0 saturated heterocycles. The van der Waals surface area contributed by atoms with Crippen LogP contribution in [0.25, 0.3) is 11.4 Å². The molecule has 7 nitrogen and oxygen atoms in total.